The Bertz CT molecular complexity index is 752. The van der Waals surface area contributed by atoms with Crippen molar-refractivity contribution < 1.29 is 18.1 Å². The fourth-order valence-corrected chi connectivity index (χ4v) is 2.81. The standard InChI is InChI=1S/C14H15F2N5O2/c1-20-5-9(17-7-20)13(22)21-6-14(15,16)4-10(21)12-18-11(19-23-12)8-2-3-8/h5,7-8,10H,2-4,6H2,1H3/t10-/m0/s1. The highest BCUT2D eigenvalue weighted by Gasteiger charge is 2.50. The quantitative estimate of drug-likeness (QED) is 0.862. The molecule has 0 unspecified atom stereocenters. The van der Waals surface area contributed by atoms with Crippen molar-refractivity contribution in [1.29, 1.82) is 0 Å². The number of rotatable bonds is 3. The monoisotopic (exact) mass is 323 g/mol. The van der Waals surface area contributed by atoms with Gasteiger partial charge < -0.3 is 14.0 Å². The summed E-state index contributed by atoms with van der Waals surface area (Å²) in [5.74, 6) is -2.66. The summed E-state index contributed by atoms with van der Waals surface area (Å²) in [4.78, 5) is 21.7. The van der Waals surface area contributed by atoms with Crippen LogP contribution in [0, 0.1) is 0 Å². The summed E-state index contributed by atoms with van der Waals surface area (Å²) < 4.78 is 34.5. The SMILES string of the molecule is Cn1cnc(C(=O)N2CC(F)(F)C[C@H]2c2nc(C3CC3)no2)c1. The minimum absolute atomic E-state index is 0.0772. The predicted molar refractivity (Wildman–Crippen MR) is 72.8 cm³/mol. The van der Waals surface area contributed by atoms with E-state index in [1.165, 1.54) is 12.5 Å². The van der Waals surface area contributed by atoms with E-state index in [0.29, 0.717) is 5.82 Å². The van der Waals surface area contributed by atoms with Crippen LogP contribution in [-0.2, 0) is 7.05 Å². The number of aromatic nitrogens is 4. The normalized spacial score (nSPS) is 23.4. The van der Waals surface area contributed by atoms with Crippen LogP contribution in [0.25, 0.3) is 0 Å². The zero-order valence-corrected chi connectivity index (χ0v) is 12.4. The molecule has 9 heteroatoms. The van der Waals surface area contributed by atoms with Crippen molar-refractivity contribution in [1.82, 2.24) is 24.6 Å². The van der Waals surface area contributed by atoms with Gasteiger partial charge in [-0.1, -0.05) is 5.16 Å². The lowest BCUT2D eigenvalue weighted by Crippen LogP contribution is -2.33. The van der Waals surface area contributed by atoms with Gasteiger partial charge in [0.1, 0.15) is 11.7 Å². The van der Waals surface area contributed by atoms with Gasteiger partial charge in [0.25, 0.3) is 11.8 Å². The molecule has 0 bridgehead atoms. The molecule has 1 aliphatic carbocycles. The third-order valence-corrected chi connectivity index (χ3v) is 4.14. The first-order valence-corrected chi connectivity index (χ1v) is 7.43. The fourth-order valence-electron chi connectivity index (χ4n) is 2.81. The molecule has 122 valence electrons. The molecule has 4 rings (SSSR count). The Morgan fingerprint density at radius 2 is 2.22 bits per heavy atom. The van der Waals surface area contributed by atoms with Crippen molar-refractivity contribution >= 4 is 5.91 Å². The van der Waals surface area contributed by atoms with Crippen molar-refractivity contribution in [2.75, 3.05) is 6.54 Å². The summed E-state index contributed by atoms with van der Waals surface area (Å²) in [5, 5.41) is 3.85. The van der Waals surface area contributed by atoms with Gasteiger partial charge in [0.2, 0.25) is 5.89 Å². The third kappa shape index (κ3) is 2.60. The number of alkyl halides is 2. The summed E-state index contributed by atoms with van der Waals surface area (Å²) in [6.45, 7) is -0.672. The topological polar surface area (TPSA) is 77.1 Å². The first-order chi connectivity index (χ1) is 10.9. The highest BCUT2D eigenvalue weighted by Crippen LogP contribution is 2.43. The van der Waals surface area contributed by atoms with Gasteiger partial charge in [-0.25, -0.2) is 13.8 Å². The van der Waals surface area contributed by atoms with E-state index in [-0.39, 0.29) is 17.5 Å². The van der Waals surface area contributed by atoms with Gasteiger partial charge in [-0.05, 0) is 12.8 Å². The smallest absolute Gasteiger partial charge is 0.274 e. The Labute approximate surface area is 130 Å². The molecule has 1 saturated heterocycles. The van der Waals surface area contributed by atoms with E-state index in [0.717, 1.165) is 17.7 Å². The third-order valence-electron chi connectivity index (χ3n) is 4.14. The van der Waals surface area contributed by atoms with Crippen LogP contribution in [0.2, 0.25) is 0 Å². The van der Waals surface area contributed by atoms with E-state index < -0.39 is 30.8 Å². The van der Waals surface area contributed by atoms with Crippen LogP contribution in [0.15, 0.2) is 17.0 Å². The molecular weight excluding hydrogens is 308 g/mol. The molecule has 1 aliphatic heterocycles. The number of imidazole rings is 1. The molecule has 2 aliphatic rings. The zero-order chi connectivity index (χ0) is 16.2. The summed E-state index contributed by atoms with van der Waals surface area (Å²) in [6, 6.07) is -0.917. The van der Waals surface area contributed by atoms with E-state index in [1.807, 2.05) is 0 Å². The highest BCUT2D eigenvalue weighted by atomic mass is 19.3. The minimum Gasteiger partial charge on any atom is -0.340 e. The lowest BCUT2D eigenvalue weighted by Gasteiger charge is -2.19. The van der Waals surface area contributed by atoms with Gasteiger partial charge in [0, 0.05) is 25.6 Å². The molecule has 2 fully saturated rings. The van der Waals surface area contributed by atoms with E-state index in [9.17, 15) is 13.6 Å². The molecule has 1 amide bonds. The number of hydrogen-bond donors (Lipinski definition) is 0. The largest absolute Gasteiger partial charge is 0.340 e. The number of hydrogen-bond acceptors (Lipinski definition) is 5. The van der Waals surface area contributed by atoms with Crippen molar-refractivity contribution in [2.45, 2.75) is 37.1 Å². The number of carbonyl (C=O) groups is 1. The molecule has 0 spiro atoms. The van der Waals surface area contributed by atoms with Crippen LogP contribution >= 0.6 is 0 Å². The Balaban J connectivity index is 1.63. The van der Waals surface area contributed by atoms with E-state index >= 15 is 0 Å². The Morgan fingerprint density at radius 3 is 2.87 bits per heavy atom. The molecule has 2 aromatic heterocycles. The maximum absolute atomic E-state index is 13.9. The molecule has 1 atom stereocenters. The molecule has 2 aromatic rings. The maximum Gasteiger partial charge on any atom is 0.274 e. The first kappa shape index (κ1) is 14.3. The van der Waals surface area contributed by atoms with Gasteiger partial charge in [0.15, 0.2) is 5.82 Å². The van der Waals surface area contributed by atoms with Crippen molar-refractivity contribution in [2.24, 2.45) is 7.05 Å². The lowest BCUT2D eigenvalue weighted by atomic mass is 10.2. The van der Waals surface area contributed by atoms with Crippen molar-refractivity contribution in [3.8, 4) is 0 Å². The Hall–Kier alpha value is -2.32. The highest BCUT2D eigenvalue weighted by molar-refractivity contribution is 5.92. The predicted octanol–water partition coefficient (Wildman–Crippen LogP) is 1.90. The Kier molecular flexibility index (Phi) is 3.00. The molecule has 7 nitrogen and oxygen atoms in total. The van der Waals surface area contributed by atoms with Crippen LogP contribution in [0.5, 0.6) is 0 Å². The average Bonchev–Trinajstić information content (AvgIpc) is 2.94. The molecule has 3 heterocycles. The molecular formula is C14H15F2N5O2. The van der Waals surface area contributed by atoms with Crippen LogP contribution in [-0.4, -0.2) is 43.0 Å². The summed E-state index contributed by atoms with van der Waals surface area (Å²) in [6.07, 6.45) is 4.40. The van der Waals surface area contributed by atoms with Crippen LogP contribution in [0.1, 0.15) is 53.4 Å². The van der Waals surface area contributed by atoms with Crippen LogP contribution < -0.4 is 0 Å². The number of nitrogens with zero attached hydrogens (tertiary/aromatic N) is 5. The number of halogens is 2. The summed E-state index contributed by atoms with van der Waals surface area (Å²) >= 11 is 0. The van der Waals surface area contributed by atoms with Crippen molar-refractivity contribution in [3.63, 3.8) is 0 Å². The molecule has 1 saturated carbocycles. The van der Waals surface area contributed by atoms with Crippen molar-refractivity contribution in [3.05, 3.63) is 29.9 Å². The number of likely N-dealkylation sites (tertiary alicyclic amines) is 1. The first-order valence-electron chi connectivity index (χ1n) is 7.43. The summed E-state index contributed by atoms with van der Waals surface area (Å²) in [5.41, 5.74) is 0.122. The average molecular weight is 323 g/mol. The van der Waals surface area contributed by atoms with E-state index in [1.54, 1.807) is 11.6 Å². The second-order valence-electron chi connectivity index (χ2n) is 6.20. The Morgan fingerprint density at radius 1 is 1.43 bits per heavy atom. The fraction of sp³-hybridized carbons (Fsp3) is 0.571. The molecule has 0 N–H and O–H groups in total. The van der Waals surface area contributed by atoms with Gasteiger partial charge in [-0.15, -0.1) is 0 Å². The number of aryl methyl sites for hydroxylation is 1. The zero-order valence-electron chi connectivity index (χ0n) is 12.4. The number of amides is 1. The van der Waals surface area contributed by atoms with E-state index in [4.69, 9.17) is 4.52 Å². The van der Waals surface area contributed by atoms with Gasteiger partial charge in [-0.2, -0.15) is 4.98 Å². The van der Waals surface area contributed by atoms with Gasteiger partial charge >= 0.3 is 0 Å². The van der Waals surface area contributed by atoms with Crippen LogP contribution in [0.4, 0.5) is 8.78 Å². The maximum atomic E-state index is 13.9. The lowest BCUT2D eigenvalue weighted by molar-refractivity contribution is 0.0116. The molecule has 0 radical (unpaired) electrons. The second kappa shape index (κ2) is 4.84. The molecule has 23 heavy (non-hydrogen) atoms. The van der Waals surface area contributed by atoms with E-state index in [2.05, 4.69) is 15.1 Å². The number of carbonyl (C=O) groups excluding carboxylic acids is 1. The molecule has 0 aromatic carbocycles. The second-order valence-corrected chi connectivity index (χ2v) is 6.20. The van der Waals surface area contributed by atoms with Gasteiger partial charge in [0.05, 0.1) is 12.9 Å². The minimum atomic E-state index is -2.98. The summed E-state index contributed by atoms with van der Waals surface area (Å²) in [7, 11) is 1.71. The van der Waals surface area contributed by atoms with Crippen LogP contribution in [0.3, 0.4) is 0 Å². The van der Waals surface area contributed by atoms with Gasteiger partial charge in [-0.3, -0.25) is 4.79 Å².